The molecule has 2 rings (SSSR count). The first kappa shape index (κ1) is 14.6. The zero-order valence-electron chi connectivity index (χ0n) is 11.1. The Morgan fingerprint density at radius 3 is 2.95 bits per heavy atom. The Kier molecular flexibility index (Phi) is 4.77. The van der Waals surface area contributed by atoms with Crippen molar-refractivity contribution in [3.05, 3.63) is 62.3 Å². The number of H-pyrrole nitrogens is 1. The lowest BCUT2D eigenvalue weighted by Gasteiger charge is -2.14. The Bertz CT molecular complexity index is 648. The molecule has 1 amide bonds. The molecular weight excluding hydrogens is 290 g/mol. The van der Waals surface area contributed by atoms with Crippen LogP contribution in [-0.4, -0.2) is 17.1 Å². The molecule has 0 bridgehead atoms. The van der Waals surface area contributed by atoms with Gasteiger partial charge < -0.3 is 10.3 Å². The maximum Gasteiger partial charge on any atom is 0.258 e. The summed E-state index contributed by atoms with van der Waals surface area (Å²) in [5.41, 5.74) is 0.799. The molecule has 1 aromatic heterocycles. The number of nitrogens with zero attached hydrogens (tertiary/aromatic N) is 1. The van der Waals surface area contributed by atoms with E-state index in [0.717, 1.165) is 9.81 Å². The van der Waals surface area contributed by atoms with Crippen LogP contribution in [0.1, 0.15) is 6.92 Å². The van der Waals surface area contributed by atoms with Gasteiger partial charge in [0.25, 0.3) is 11.6 Å². The Balaban J connectivity index is 2.36. The molecule has 0 radical (unpaired) electrons. The van der Waals surface area contributed by atoms with Crippen LogP contribution in [-0.2, 0) is 4.79 Å². The van der Waals surface area contributed by atoms with Gasteiger partial charge in [-0.1, -0.05) is 6.08 Å². The molecule has 0 unspecified atom stereocenters. The molecule has 0 atom stereocenters. The van der Waals surface area contributed by atoms with E-state index >= 15 is 0 Å². The summed E-state index contributed by atoms with van der Waals surface area (Å²) >= 11 is 3.13. The van der Waals surface area contributed by atoms with Gasteiger partial charge in [0.2, 0.25) is 0 Å². The number of thioether (sulfide) groups is 2. The minimum absolute atomic E-state index is 0.111. The number of aromatic nitrogens is 1. The van der Waals surface area contributed by atoms with Crippen molar-refractivity contribution in [1.29, 1.82) is 0 Å². The third kappa shape index (κ3) is 3.18. The first-order valence-corrected chi connectivity index (χ1v) is 7.92. The third-order valence-electron chi connectivity index (χ3n) is 2.61. The number of nitrogens with one attached hydrogen (secondary N) is 2. The van der Waals surface area contributed by atoms with Gasteiger partial charge >= 0.3 is 0 Å². The van der Waals surface area contributed by atoms with Gasteiger partial charge in [0.05, 0.1) is 6.57 Å². The summed E-state index contributed by atoms with van der Waals surface area (Å²) in [6, 6.07) is 3.53. The van der Waals surface area contributed by atoms with Crippen LogP contribution in [0.3, 0.4) is 0 Å². The highest BCUT2D eigenvalue weighted by Gasteiger charge is 2.20. The summed E-state index contributed by atoms with van der Waals surface area (Å²) in [6.45, 7) is 9.27. The van der Waals surface area contributed by atoms with Crippen molar-refractivity contribution >= 4 is 35.2 Å². The molecule has 2 heterocycles. The fourth-order valence-electron chi connectivity index (χ4n) is 1.68. The predicted octanol–water partition coefficient (Wildman–Crippen LogP) is 3.98. The number of anilines is 1. The molecule has 0 spiro atoms. The maximum absolute atomic E-state index is 12.2. The Hall–Kier alpha value is -1.84. The summed E-state index contributed by atoms with van der Waals surface area (Å²) in [5, 5.41) is 4.67. The average Bonchev–Trinajstić information content (AvgIpc) is 2.93. The van der Waals surface area contributed by atoms with E-state index < -0.39 is 5.91 Å². The van der Waals surface area contributed by atoms with Crippen LogP contribution in [0.5, 0.6) is 0 Å². The first-order valence-electron chi connectivity index (χ1n) is 5.81. The average molecular weight is 303 g/mol. The SMILES string of the molecule is [C-]#[N+]C(C(=O)Nc1ccc[nH]1)=C1C=C(C)SC=C1SC. The number of amides is 1. The molecule has 2 N–H and O–H groups in total. The number of carbonyl (C=O) groups is 1. The molecule has 102 valence electrons. The van der Waals surface area contributed by atoms with E-state index in [1.165, 1.54) is 11.8 Å². The maximum atomic E-state index is 12.2. The molecule has 20 heavy (non-hydrogen) atoms. The molecule has 0 aliphatic carbocycles. The molecule has 1 aliphatic heterocycles. The number of allylic oxidation sites excluding steroid dienone is 3. The van der Waals surface area contributed by atoms with E-state index in [4.69, 9.17) is 6.57 Å². The highest BCUT2D eigenvalue weighted by Crippen LogP contribution is 2.37. The minimum Gasteiger partial charge on any atom is -0.348 e. The molecule has 4 nitrogen and oxygen atoms in total. The Morgan fingerprint density at radius 2 is 2.35 bits per heavy atom. The van der Waals surface area contributed by atoms with E-state index in [0.29, 0.717) is 11.4 Å². The van der Waals surface area contributed by atoms with Gasteiger partial charge in [-0.3, -0.25) is 4.79 Å². The monoisotopic (exact) mass is 303 g/mol. The second-order valence-corrected chi connectivity index (χ2v) is 5.93. The Labute approximate surface area is 126 Å². The van der Waals surface area contributed by atoms with Gasteiger partial charge in [-0.25, -0.2) is 4.85 Å². The molecule has 1 aliphatic rings. The number of rotatable bonds is 3. The van der Waals surface area contributed by atoms with E-state index in [-0.39, 0.29) is 5.70 Å². The standard InChI is InChI=1S/C14H13N3OS2/c1-9-7-10(11(19-3)8-20-9)13(15-2)14(18)17-12-5-4-6-16-12/h4-8,16H,1,3H3,(H,17,18). The third-order valence-corrected chi connectivity index (χ3v) is 4.38. The van der Waals surface area contributed by atoms with Gasteiger partial charge in [-0.05, 0) is 35.6 Å². The van der Waals surface area contributed by atoms with Gasteiger partial charge in [0.1, 0.15) is 5.82 Å². The second-order valence-electron chi connectivity index (χ2n) is 3.97. The van der Waals surface area contributed by atoms with Crippen LogP contribution in [0.4, 0.5) is 5.82 Å². The molecule has 1 aromatic rings. The molecule has 0 saturated heterocycles. The number of aromatic amines is 1. The molecule has 0 fully saturated rings. The van der Waals surface area contributed by atoms with Crippen LogP contribution in [0.25, 0.3) is 4.85 Å². The van der Waals surface area contributed by atoms with Crippen molar-refractivity contribution in [3.8, 4) is 0 Å². The summed E-state index contributed by atoms with van der Waals surface area (Å²) < 4.78 is 0. The highest BCUT2D eigenvalue weighted by molar-refractivity contribution is 8.08. The van der Waals surface area contributed by atoms with Crippen molar-refractivity contribution in [2.75, 3.05) is 11.6 Å². The van der Waals surface area contributed by atoms with Crippen molar-refractivity contribution in [1.82, 2.24) is 4.98 Å². The molecule has 0 saturated carbocycles. The van der Waals surface area contributed by atoms with Crippen LogP contribution in [0.2, 0.25) is 0 Å². The lowest BCUT2D eigenvalue weighted by atomic mass is 10.1. The molecule has 0 aromatic carbocycles. The number of carbonyl (C=O) groups excluding carboxylic acids is 1. The quantitative estimate of drug-likeness (QED) is 0.656. The summed E-state index contributed by atoms with van der Waals surface area (Å²) in [5.74, 6) is 0.186. The van der Waals surface area contributed by atoms with E-state index in [9.17, 15) is 4.79 Å². The van der Waals surface area contributed by atoms with Crippen molar-refractivity contribution in [3.63, 3.8) is 0 Å². The minimum atomic E-state index is -0.395. The summed E-state index contributed by atoms with van der Waals surface area (Å²) in [7, 11) is 0. The smallest absolute Gasteiger partial charge is 0.258 e. The van der Waals surface area contributed by atoms with Crippen LogP contribution in [0, 0.1) is 6.57 Å². The van der Waals surface area contributed by atoms with Crippen molar-refractivity contribution in [2.45, 2.75) is 6.92 Å². The van der Waals surface area contributed by atoms with Crippen LogP contribution >= 0.6 is 23.5 Å². The topological polar surface area (TPSA) is 49.2 Å². The van der Waals surface area contributed by atoms with Crippen LogP contribution in [0.15, 0.2) is 50.9 Å². The number of hydrogen-bond acceptors (Lipinski definition) is 3. The lowest BCUT2D eigenvalue weighted by Crippen LogP contribution is -2.15. The summed E-state index contributed by atoms with van der Waals surface area (Å²) in [6.07, 6.45) is 5.54. The van der Waals surface area contributed by atoms with Gasteiger partial charge in [-0.2, -0.15) is 0 Å². The fraction of sp³-hybridized carbons (Fsp3) is 0.143. The van der Waals surface area contributed by atoms with Gasteiger partial charge in [0.15, 0.2) is 0 Å². The second kappa shape index (κ2) is 6.55. The number of hydrogen-bond donors (Lipinski definition) is 2. The molecule has 6 heteroatoms. The zero-order chi connectivity index (χ0) is 14.5. The molecular formula is C14H13N3OS2. The van der Waals surface area contributed by atoms with Gasteiger partial charge in [-0.15, -0.1) is 23.5 Å². The lowest BCUT2D eigenvalue weighted by molar-refractivity contribution is -0.112. The largest absolute Gasteiger partial charge is 0.348 e. The van der Waals surface area contributed by atoms with Crippen molar-refractivity contribution in [2.24, 2.45) is 0 Å². The zero-order valence-corrected chi connectivity index (χ0v) is 12.7. The van der Waals surface area contributed by atoms with E-state index in [1.54, 1.807) is 30.1 Å². The van der Waals surface area contributed by atoms with E-state index in [1.807, 2.05) is 24.7 Å². The van der Waals surface area contributed by atoms with Gasteiger partial charge in [0, 0.05) is 16.7 Å². The van der Waals surface area contributed by atoms with Crippen molar-refractivity contribution < 1.29 is 4.79 Å². The fourth-order valence-corrected chi connectivity index (χ4v) is 3.19. The van der Waals surface area contributed by atoms with E-state index in [2.05, 4.69) is 15.1 Å². The Morgan fingerprint density at radius 1 is 1.55 bits per heavy atom. The highest BCUT2D eigenvalue weighted by atomic mass is 32.2. The normalized spacial score (nSPS) is 16.9. The first-order chi connectivity index (χ1) is 9.65. The summed E-state index contributed by atoms with van der Waals surface area (Å²) in [4.78, 5) is 20.5. The predicted molar refractivity (Wildman–Crippen MR) is 86.0 cm³/mol. The van der Waals surface area contributed by atoms with Crippen LogP contribution < -0.4 is 5.32 Å².